The van der Waals surface area contributed by atoms with Gasteiger partial charge in [0.15, 0.2) is 0 Å². The van der Waals surface area contributed by atoms with E-state index in [1.165, 1.54) is 0 Å². The summed E-state index contributed by atoms with van der Waals surface area (Å²) in [5, 5.41) is 18.0. The summed E-state index contributed by atoms with van der Waals surface area (Å²) in [6.07, 6.45) is 0. The Labute approximate surface area is 100 Å². The van der Waals surface area contributed by atoms with E-state index in [1.54, 1.807) is 18.2 Å². The Bertz CT molecular complexity index is 456. The first-order valence-electron chi connectivity index (χ1n) is 4.89. The predicted molar refractivity (Wildman–Crippen MR) is 64.2 cm³/mol. The summed E-state index contributed by atoms with van der Waals surface area (Å²) in [5.41, 5.74) is 1.37. The van der Waals surface area contributed by atoms with Gasteiger partial charge in [0, 0.05) is 13.6 Å². The van der Waals surface area contributed by atoms with Gasteiger partial charge in [-0.3, -0.25) is 0 Å². The molecule has 0 N–H and O–H groups in total. The summed E-state index contributed by atoms with van der Waals surface area (Å²) in [5.74, 6) is -0.0586. The highest BCUT2D eigenvalue weighted by Crippen LogP contribution is 2.26. The molecule has 0 aliphatic carbocycles. The van der Waals surface area contributed by atoms with Gasteiger partial charge < -0.3 is 4.90 Å². The van der Waals surface area contributed by atoms with E-state index < -0.39 is 0 Å². The van der Waals surface area contributed by atoms with Crippen LogP contribution in [-0.2, 0) is 0 Å². The third-order valence-electron chi connectivity index (χ3n) is 2.26. The van der Waals surface area contributed by atoms with Crippen molar-refractivity contribution in [1.82, 2.24) is 0 Å². The maximum absolute atomic E-state index is 8.73. The molecule has 0 amide bonds. The fourth-order valence-corrected chi connectivity index (χ4v) is 1.76. The molecule has 3 nitrogen and oxygen atoms in total. The summed E-state index contributed by atoms with van der Waals surface area (Å²) in [6.45, 7) is 2.47. The molecule has 0 aromatic heterocycles. The first-order chi connectivity index (χ1) is 7.58. The second kappa shape index (κ2) is 5.39. The van der Waals surface area contributed by atoms with Crippen molar-refractivity contribution in [3.8, 4) is 12.1 Å². The van der Waals surface area contributed by atoms with Crippen LogP contribution in [0.25, 0.3) is 0 Å². The van der Waals surface area contributed by atoms with Crippen molar-refractivity contribution in [2.75, 3.05) is 18.5 Å². The Balaban J connectivity index is 2.89. The van der Waals surface area contributed by atoms with E-state index >= 15 is 0 Å². The summed E-state index contributed by atoms with van der Waals surface area (Å²) in [6, 6.07) is 9.34. The topological polar surface area (TPSA) is 50.8 Å². The van der Waals surface area contributed by atoms with E-state index in [1.807, 2.05) is 24.9 Å². The van der Waals surface area contributed by atoms with Crippen LogP contribution in [0.5, 0.6) is 0 Å². The molecule has 0 spiro atoms. The summed E-state index contributed by atoms with van der Waals surface area (Å²) < 4.78 is 0. The monoisotopic (exact) mass is 233 g/mol. The zero-order valence-corrected chi connectivity index (χ0v) is 9.99. The van der Waals surface area contributed by atoms with Crippen LogP contribution in [0, 0.1) is 28.6 Å². The van der Waals surface area contributed by atoms with Crippen LogP contribution in [0.3, 0.4) is 0 Å². The fourth-order valence-electron chi connectivity index (χ4n) is 1.44. The number of nitriles is 2. The lowest BCUT2D eigenvalue weighted by Gasteiger charge is -2.21. The van der Waals surface area contributed by atoms with Gasteiger partial charge in [0.25, 0.3) is 0 Å². The van der Waals surface area contributed by atoms with Crippen molar-refractivity contribution in [2.24, 2.45) is 5.92 Å². The molecule has 0 heterocycles. The van der Waals surface area contributed by atoms with E-state index in [9.17, 15) is 0 Å². The normalized spacial score (nSPS) is 11.3. The number of halogens is 1. The molecule has 0 saturated carbocycles. The Kier molecular flexibility index (Phi) is 4.17. The van der Waals surface area contributed by atoms with Crippen LogP contribution < -0.4 is 4.90 Å². The summed E-state index contributed by atoms with van der Waals surface area (Å²) in [4.78, 5) is 1.91. The third-order valence-corrected chi connectivity index (χ3v) is 2.56. The molecule has 1 aromatic carbocycles. The van der Waals surface area contributed by atoms with Gasteiger partial charge in [-0.05, 0) is 25.1 Å². The molecule has 1 unspecified atom stereocenters. The molecular weight excluding hydrogens is 222 g/mol. The van der Waals surface area contributed by atoms with E-state index in [4.69, 9.17) is 22.1 Å². The lowest BCUT2D eigenvalue weighted by molar-refractivity contribution is 0.716. The molecule has 16 heavy (non-hydrogen) atoms. The number of anilines is 1. The van der Waals surface area contributed by atoms with Crippen molar-refractivity contribution < 1.29 is 0 Å². The van der Waals surface area contributed by atoms with Gasteiger partial charge >= 0.3 is 0 Å². The molecule has 82 valence electrons. The molecule has 0 bridgehead atoms. The fraction of sp³-hybridized carbons (Fsp3) is 0.333. The van der Waals surface area contributed by atoms with Gasteiger partial charge in [-0.25, -0.2) is 0 Å². The molecule has 0 aliphatic rings. The van der Waals surface area contributed by atoms with E-state index in [2.05, 4.69) is 6.07 Å². The first kappa shape index (κ1) is 12.4. The standard InChI is InChI=1S/C12H12ClN3/c1-9(6-14)8-16(2)12-4-3-10(7-15)5-11(12)13/h3-5,9H,8H2,1-2H3. The van der Waals surface area contributed by atoms with Gasteiger partial charge in [-0.15, -0.1) is 0 Å². The van der Waals surface area contributed by atoms with E-state index in [-0.39, 0.29) is 5.92 Å². The van der Waals surface area contributed by atoms with Crippen molar-refractivity contribution >= 4 is 17.3 Å². The Morgan fingerprint density at radius 2 is 2.12 bits per heavy atom. The average molecular weight is 234 g/mol. The minimum absolute atomic E-state index is 0.0586. The Morgan fingerprint density at radius 3 is 2.62 bits per heavy atom. The third kappa shape index (κ3) is 2.89. The van der Waals surface area contributed by atoms with Crippen LogP contribution in [0.2, 0.25) is 5.02 Å². The Hall–Kier alpha value is -1.71. The minimum atomic E-state index is -0.0586. The van der Waals surface area contributed by atoms with E-state index in [0.717, 1.165) is 5.69 Å². The van der Waals surface area contributed by atoms with Gasteiger partial charge in [0.1, 0.15) is 0 Å². The SMILES string of the molecule is CC(C#N)CN(C)c1ccc(C#N)cc1Cl. The van der Waals surface area contributed by atoms with E-state index in [0.29, 0.717) is 17.1 Å². The number of benzene rings is 1. The highest BCUT2D eigenvalue weighted by atomic mass is 35.5. The molecule has 1 rings (SSSR count). The molecule has 0 saturated heterocycles. The van der Waals surface area contributed by atoms with Crippen LogP contribution in [-0.4, -0.2) is 13.6 Å². The van der Waals surface area contributed by atoms with Crippen LogP contribution in [0.15, 0.2) is 18.2 Å². The maximum Gasteiger partial charge on any atom is 0.0992 e. The van der Waals surface area contributed by atoms with Crippen LogP contribution >= 0.6 is 11.6 Å². The molecule has 0 aliphatic heterocycles. The van der Waals surface area contributed by atoms with Gasteiger partial charge in [0.05, 0.1) is 34.3 Å². The number of hydrogen-bond acceptors (Lipinski definition) is 3. The number of hydrogen-bond donors (Lipinski definition) is 0. The highest BCUT2D eigenvalue weighted by molar-refractivity contribution is 6.33. The lowest BCUT2D eigenvalue weighted by Crippen LogP contribution is -2.23. The van der Waals surface area contributed by atoms with Crippen LogP contribution in [0.4, 0.5) is 5.69 Å². The zero-order chi connectivity index (χ0) is 12.1. The summed E-state index contributed by atoms with van der Waals surface area (Å²) >= 11 is 6.05. The predicted octanol–water partition coefficient (Wildman–Crippen LogP) is 2.81. The lowest BCUT2D eigenvalue weighted by atomic mass is 10.1. The molecule has 1 atom stereocenters. The Morgan fingerprint density at radius 1 is 1.44 bits per heavy atom. The van der Waals surface area contributed by atoms with Gasteiger partial charge in [-0.1, -0.05) is 11.6 Å². The number of rotatable bonds is 3. The zero-order valence-electron chi connectivity index (χ0n) is 9.24. The van der Waals surface area contributed by atoms with Crippen molar-refractivity contribution in [3.63, 3.8) is 0 Å². The molecule has 1 aromatic rings. The van der Waals surface area contributed by atoms with Gasteiger partial charge in [-0.2, -0.15) is 10.5 Å². The van der Waals surface area contributed by atoms with Crippen LogP contribution in [0.1, 0.15) is 12.5 Å². The van der Waals surface area contributed by atoms with Crippen molar-refractivity contribution in [2.45, 2.75) is 6.92 Å². The first-order valence-corrected chi connectivity index (χ1v) is 5.26. The number of nitrogens with zero attached hydrogens (tertiary/aromatic N) is 3. The molecule has 4 heteroatoms. The smallest absolute Gasteiger partial charge is 0.0992 e. The maximum atomic E-state index is 8.73. The minimum Gasteiger partial charge on any atom is -0.372 e. The second-order valence-electron chi connectivity index (χ2n) is 3.69. The second-order valence-corrected chi connectivity index (χ2v) is 4.10. The quantitative estimate of drug-likeness (QED) is 0.807. The van der Waals surface area contributed by atoms with Crippen molar-refractivity contribution in [1.29, 1.82) is 10.5 Å². The molecule has 0 fully saturated rings. The van der Waals surface area contributed by atoms with Crippen molar-refractivity contribution in [3.05, 3.63) is 28.8 Å². The van der Waals surface area contributed by atoms with Gasteiger partial charge in [0.2, 0.25) is 0 Å². The largest absolute Gasteiger partial charge is 0.372 e. The molecule has 0 radical (unpaired) electrons. The summed E-state index contributed by atoms with van der Waals surface area (Å²) in [7, 11) is 1.88. The average Bonchev–Trinajstić information content (AvgIpc) is 2.28. The highest BCUT2D eigenvalue weighted by Gasteiger charge is 2.09. The molecular formula is C12H12ClN3.